The minimum atomic E-state index is -4.47. The molecule has 0 atom stereocenters. The van der Waals surface area contributed by atoms with E-state index in [0.717, 1.165) is 29.6 Å². The zero-order valence-electron chi connectivity index (χ0n) is 18.9. The molecule has 0 spiro atoms. The third kappa shape index (κ3) is 7.14. The molecule has 0 fully saturated rings. The molecule has 1 aromatic heterocycles. The van der Waals surface area contributed by atoms with Gasteiger partial charge in [-0.15, -0.1) is 0 Å². The standard InChI is InChI=1S/C26H21F4N3O3/c27-23-16-32-25(35-17-19-4-2-1-3-5-19)33-24(23)34-13-12-18-6-9-21(10-7-18)36-22-11-8-20(14-31-15-22)26(28,29)30/h1-11,14,16H,12-13,15,17H2. The lowest BCUT2D eigenvalue weighted by atomic mass is 10.1. The zero-order valence-corrected chi connectivity index (χ0v) is 18.9. The van der Waals surface area contributed by atoms with Crippen molar-refractivity contribution in [1.29, 1.82) is 0 Å². The second-order valence-electron chi connectivity index (χ2n) is 7.65. The van der Waals surface area contributed by atoms with Crippen LogP contribution in [0.4, 0.5) is 17.6 Å². The van der Waals surface area contributed by atoms with Crippen LogP contribution in [0.3, 0.4) is 0 Å². The van der Waals surface area contributed by atoms with Gasteiger partial charge in [0.25, 0.3) is 5.88 Å². The number of aromatic nitrogens is 2. The normalized spacial score (nSPS) is 13.4. The second kappa shape index (κ2) is 11.5. The van der Waals surface area contributed by atoms with Crippen molar-refractivity contribution in [2.45, 2.75) is 19.2 Å². The number of rotatable bonds is 9. The fourth-order valence-electron chi connectivity index (χ4n) is 3.12. The number of aliphatic imine (C=N–C) groups is 1. The highest BCUT2D eigenvalue weighted by Crippen LogP contribution is 2.26. The SMILES string of the molecule is Fc1cnc(OCc2ccccc2)nc1OCCc1ccc(OC2=CC=C(C(F)(F)F)C=NC2)cc1. The lowest BCUT2D eigenvalue weighted by molar-refractivity contribution is -0.0855. The smallest absolute Gasteiger partial charge is 0.417 e. The molecule has 4 rings (SSSR count). The number of benzene rings is 2. The Bertz CT molecular complexity index is 1260. The van der Waals surface area contributed by atoms with Gasteiger partial charge in [-0.25, -0.2) is 4.98 Å². The number of allylic oxidation sites excluding steroid dienone is 3. The minimum absolute atomic E-state index is 0.00565. The molecule has 6 nitrogen and oxygen atoms in total. The first kappa shape index (κ1) is 24.9. The van der Waals surface area contributed by atoms with Crippen molar-refractivity contribution in [3.05, 3.63) is 101 Å². The van der Waals surface area contributed by atoms with Crippen LogP contribution in [0.15, 0.2) is 89.3 Å². The molecular formula is C26H21F4N3O3. The van der Waals surface area contributed by atoms with Crippen LogP contribution in [0.2, 0.25) is 0 Å². The molecule has 10 heteroatoms. The molecule has 36 heavy (non-hydrogen) atoms. The minimum Gasteiger partial charge on any atom is -0.475 e. The van der Waals surface area contributed by atoms with Gasteiger partial charge in [0, 0.05) is 12.6 Å². The van der Waals surface area contributed by atoms with Crippen LogP contribution in [-0.4, -0.2) is 35.5 Å². The summed E-state index contributed by atoms with van der Waals surface area (Å²) in [5.74, 6) is -0.175. The predicted molar refractivity (Wildman–Crippen MR) is 125 cm³/mol. The van der Waals surface area contributed by atoms with Crippen LogP contribution in [0.25, 0.3) is 0 Å². The van der Waals surface area contributed by atoms with Crippen LogP contribution in [0.1, 0.15) is 11.1 Å². The summed E-state index contributed by atoms with van der Waals surface area (Å²) in [6, 6.07) is 16.4. The van der Waals surface area contributed by atoms with E-state index in [2.05, 4.69) is 15.0 Å². The van der Waals surface area contributed by atoms with Crippen LogP contribution in [0.5, 0.6) is 17.6 Å². The topological polar surface area (TPSA) is 65.8 Å². The number of alkyl halides is 3. The lowest BCUT2D eigenvalue weighted by Gasteiger charge is -2.10. The van der Waals surface area contributed by atoms with Gasteiger partial charge in [0.1, 0.15) is 18.1 Å². The van der Waals surface area contributed by atoms with E-state index in [9.17, 15) is 17.6 Å². The highest BCUT2D eigenvalue weighted by atomic mass is 19.4. The molecular weight excluding hydrogens is 478 g/mol. The fourth-order valence-corrected chi connectivity index (χ4v) is 3.12. The summed E-state index contributed by atoms with van der Waals surface area (Å²) in [6.45, 7) is 0.383. The second-order valence-corrected chi connectivity index (χ2v) is 7.65. The molecule has 1 aliphatic heterocycles. The summed E-state index contributed by atoms with van der Waals surface area (Å²) < 4.78 is 69.1. The zero-order chi connectivity index (χ0) is 25.4. The van der Waals surface area contributed by atoms with Crippen molar-refractivity contribution in [2.24, 2.45) is 4.99 Å². The van der Waals surface area contributed by atoms with Crippen molar-refractivity contribution in [3.63, 3.8) is 0 Å². The van der Waals surface area contributed by atoms with E-state index in [1.54, 1.807) is 24.3 Å². The van der Waals surface area contributed by atoms with E-state index in [-0.39, 0.29) is 37.4 Å². The molecule has 0 saturated carbocycles. The summed E-state index contributed by atoms with van der Waals surface area (Å²) >= 11 is 0. The van der Waals surface area contributed by atoms with E-state index in [1.807, 2.05) is 30.3 Å². The molecule has 1 aliphatic rings. The fraction of sp³-hybridized carbons (Fsp3) is 0.192. The maximum atomic E-state index is 14.0. The van der Waals surface area contributed by atoms with Gasteiger partial charge in [0.05, 0.1) is 24.9 Å². The van der Waals surface area contributed by atoms with Gasteiger partial charge >= 0.3 is 12.2 Å². The van der Waals surface area contributed by atoms with Gasteiger partial charge < -0.3 is 14.2 Å². The number of halogens is 4. The van der Waals surface area contributed by atoms with Crippen LogP contribution >= 0.6 is 0 Å². The maximum Gasteiger partial charge on any atom is 0.417 e. The molecule has 0 bridgehead atoms. The van der Waals surface area contributed by atoms with E-state index in [0.29, 0.717) is 12.2 Å². The Morgan fingerprint density at radius 2 is 1.67 bits per heavy atom. The highest BCUT2D eigenvalue weighted by Gasteiger charge is 2.32. The molecule has 2 aromatic carbocycles. The summed E-state index contributed by atoms with van der Waals surface area (Å²) in [5, 5.41) is 0. The van der Waals surface area contributed by atoms with Crippen molar-refractivity contribution < 1.29 is 31.8 Å². The van der Waals surface area contributed by atoms with Gasteiger partial charge in [-0.2, -0.15) is 22.5 Å². The molecule has 2 heterocycles. The molecule has 0 saturated heterocycles. The molecule has 0 N–H and O–H groups in total. The van der Waals surface area contributed by atoms with Gasteiger partial charge in [-0.1, -0.05) is 42.5 Å². The van der Waals surface area contributed by atoms with Gasteiger partial charge in [-0.05, 0) is 35.4 Å². The van der Waals surface area contributed by atoms with Crippen LogP contribution < -0.4 is 14.2 Å². The monoisotopic (exact) mass is 499 g/mol. The number of hydrogen-bond donors (Lipinski definition) is 0. The highest BCUT2D eigenvalue weighted by molar-refractivity contribution is 5.81. The van der Waals surface area contributed by atoms with E-state index in [1.165, 1.54) is 6.08 Å². The summed E-state index contributed by atoms with van der Waals surface area (Å²) in [4.78, 5) is 11.6. The molecule has 0 amide bonds. The molecule has 0 radical (unpaired) electrons. The third-order valence-corrected chi connectivity index (χ3v) is 4.96. The third-order valence-electron chi connectivity index (χ3n) is 4.96. The average Bonchev–Trinajstić information content (AvgIpc) is 3.12. The van der Waals surface area contributed by atoms with E-state index < -0.39 is 17.6 Å². The van der Waals surface area contributed by atoms with Gasteiger partial charge in [0.2, 0.25) is 5.82 Å². The molecule has 3 aromatic rings. The number of nitrogens with zero attached hydrogens (tertiary/aromatic N) is 3. The van der Waals surface area contributed by atoms with Gasteiger partial charge in [-0.3, -0.25) is 4.99 Å². The molecule has 0 aliphatic carbocycles. The first-order valence-electron chi connectivity index (χ1n) is 10.9. The first-order chi connectivity index (χ1) is 17.4. The Morgan fingerprint density at radius 3 is 2.42 bits per heavy atom. The quantitative estimate of drug-likeness (QED) is 0.356. The van der Waals surface area contributed by atoms with E-state index in [4.69, 9.17) is 14.2 Å². The Balaban J connectivity index is 1.28. The predicted octanol–water partition coefficient (Wildman–Crippen LogP) is 5.65. The largest absolute Gasteiger partial charge is 0.475 e. The molecule has 0 unspecified atom stereocenters. The lowest BCUT2D eigenvalue weighted by Crippen LogP contribution is -2.12. The summed E-state index contributed by atoms with van der Waals surface area (Å²) in [6.07, 6.45) is -0.0461. The summed E-state index contributed by atoms with van der Waals surface area (Å²) in [5.41, 5.74) is 0.960. The van der Waals surface area contributed by atoms with Crippen molar-refractivity contribution >= 4 is 6.21 Å². The van der Waals surface area contributed by atoms with Crippen molar-refractivity contribution in [1.82, 2.24) is 9.97 Å². The van der Waals surface area contributed by atoms with Crippen molar-refractivity contribution in [2.75, 3.05) is 13.2 Å². The summed E-state index contributed by atoms with van der Waals surface area (Å²) in [7, 11) is 0. The Labute approximate surface area is 204 Å². The number of hydrogen-bond acceptors (Lipinski definition) is 6. The first-order valence-corrected chi connectivity index (χ1v) is 10.9. The van der Waals surface area contributed by atoms with Gasteiger partial charge in [0.15, 0.2) is 0 Å². The Kier molecular flexibility index (Phi) is 7.94. The van der Waals surface area contributed by atoms with E-state index >= 15 is 0 Å². The van der Waals surface area contributed by atoms with Crippen LogP contribution in [-0.2, 0) is 13.0 Å². The van der Waals surface area contributed by atoms with Crippen LogP contribution in [0, 0.1) is 5.82 Å². The maximum absolute atomic E-state index is 14.0. The number of ether oxygens (including phenoxy) is 3. The Morgan fingerprint density at radius 1 is 0.889 bits per heavy atom. The average molecular weight is 499 g/mol. The Hall–Kier alpha value is -4.21. The van der Waals surface area contributed by atoms with Crippen molar-refractivity contribution in [3.8, 4) is 17.6 Å². The molecule has 186 valence electrons.